The minimum atomic E-state index is -4.62. The first kappa shape index (κ1) is 25.1. The molecule has 0 spiro atoms. The van der Waals surface area contributed by atoms with Gasteiger partial charge in [0, 0.05) is 29.8 Å². The summed E-state index contributed by atoms with van der Waals surface area (Å²) in [6, 6.07) is 14.8. The molecule has 0 saturated heterocycles. The van der Waals surface area contributed by atoms with E-state index in [0.717, 1.165) is 6.07 Å². The van der Waals surface area contributed by atoms with Crippen LogP contribution in [0.5, 0.6) is 0 Å². The summed E-state index contributed by atoms with van der Waals surface area (Å²) in [5, 5.41) is 15.3. The van der Waals surface area contributed by atoms with E-state index in [4.69, 9.17) is 9.63 Å². The molecule has 6 nitrogen and oxygen atoms in total. The topological polar surface area (TPSA) is 88.2 Å². The van der Waals surface area contributed by atoms with Crippen LogP contribution < -0.4 is 5.32 Å². The van der Waals surface area contributed by atoms with Gasteiger partial charge in [-0.25, -0.2) is 4.39 Å². The number of carboxylic acids is 1. The second-order valence-corrected chi connectivity index (χ2v) is 8.12. The highest BCUT2D eigenvalue weighted by Crippen LogP contribution is 2.40. The third kappa shape index (κ3) is 5.60. The Kier molecular flexibility index (Phi) is 7.16. The summed E-state index contributed by atoms with van der Waals surface area (Å²) >= 11 is 0. The molecule has 0 amide bonds. The molecule has 4 rings (SSSR count). The lowest BCUT2D eigenvalue weighted by molar-refractivity contribution is -0.137. The minimum Gasteiger partial charge on any atom is -0.481 e. The molecule has 10 heteroatoms. The van der Waals surface area contributed by atoms with E-state index in [9.17, 15) is 22.4 Å². The van der Waals surface area contributed by atoms with Gasteiger partial charge in [0.25, 0.3) is 5.89 Å². The fourth-order valence-corrected chi connectivity index (χ4v) is 3.73. The van der Waals surface area contributed by atoms with Crippen LogP contribution in [0.25, 0.3) is 34.0 Å². The number of halogens is 4. The number of hydrogen-bond donors (Lipinski definition) is 2. The van der Waals surface area contributed by atoms with Gasteiger partial charge in [-0.1, -0.05) is 47.6 Å². The number of nitrogens with one attached hydrogen (secondary N) is 1. The lowest BCUT2D eigenvalue weighted by Crippen LogP contribution is -2.18. The molecule has 0 saturated carbocycles. The largest absolute Gasteiger partial charge is 0.481 e. The number of carboxylic acid groups (broad SMARTS) is 1. The van der Waals surface area contributed by atoms with Crippen LogP contribution in [0.3, 0.4) is 0 Å². The zero-order chi connectivity index (χ0) is 25.9. The Bertz CT molecular complexity index is 1400. The molecule has 0 unspecified atom stereocenters. The molecule has 0 atom stereocenters. The summed E-state index contributed by atoms with van der Waals surface area (Å²) in [7, 11) is 0. The van der Waals surface area contributed by atoms with Crippen LogP contribution in [0, 0.1) is 12.7 Å². The quantitative estimate of drug-likeness (QED) is 0.225. The minimum absolute atomic E-state index is 0.0193. The maximum Gasteiger partial charge on any atom is 0.417 e. The van der Waals surface area contributed by atoms with Gasteiger partial charge in [0.05, 0.1) is 12.0 Å². The second kappa shape index (κ2) is 10.3. The van der Waals surface area contributed by atoms with E-state index in [2.05, 4.69) is 15.5 Å². The van der Waals surface area contributed by atoms with Crippen molar-refractivity contribution in [1.29, 1.82) is 0 Å². The second-order valence-electron chi connectivity index (χ2n) is 8.12. The average Bonchev–Trinajstić information content (AvgIpc) is 3.32. The molecule has 0 fully saturated rings. The van der Waals surface area contributed by atoms with Gasteiger partial charge in [-0.15, -0.1) is 0 Å². The number of nitrogens with zero attached hydrogens (tertiary/aromatic N) is 2. The first-order valence-corrected chi connectivity index (χ1v) is 11.0. The molecule has 2 N–H and O–H groups in total. The third-order valence-corrected chi connectivity index (χ3v) is 5.58. The summed E-state index contributed by atoms with van der Waals surface area (Å²) in [6.45, 7) is 2.06. The Morgan fingerprint density at radius 3 is 2.47 bits per heavy atom. The normalized spacial score (nSPS) is 11.6. The number of rotatable bonds is 8. The number of aromatic nitrogens is 2. The zero-order valence-corrected chi connectivity index (χ0v) is 19.1. The van der Waals surface area contributed by atoms with Gasteiger partial charge in [0.15, 0.2) is 0 Å². The van der Waals surface area contributed by atoms with Gasteiger partial charge in [0.2, 0.25) is 5.82 Å². The predicted molar refractivity (Wildman–Crippen MR) is 124 cm³/mol. The molecule has 1 aromatic heterocycles. The Hall–Kier alpha value is -4.05. The van der Waals surface area contributed by atoms with E-state index in [-0.39, 0.29) is 47.9 Å². The Balaban J connectivity index is 1.60. The number of alkyl halides is 3. The van der Waals surface area contributed by atoms with Gasteiger partial charge in [0.1, 0.15) is 5.82 Å². The number of carbonyl (C=O) groups is 1. The molecule has 0 aliphatic rings. The first-order valence-electron chi connectivity index (χ1n) is 11.0. The summed E-state index contributed by atoms with van der Waals surface area (Å²) in [4.78, 5) is 14.7. The Morgan fingerprint density at radius 2 is 1.78 bits per heavy atom. The van der Waals surface area contributed by atoms with Crippen molar-refractivity contribution in [2.45, 2.75) is 26.1 Å². The van der Waals surface area contributed by atoms with Gasteiger partial charge in [-0.2, -0.15) is 18.2 Å². The lowest BCUT2D eigenvalue weighted by atomic mass is 9.94. The average molecular weight is 499 g/mol. The summed E-state index contributed by atoms with van der Waals surface area (Å²) < 4.78 is 61.5. The summed E-state index contributed by atoms with van der Waals surface area (Å²) in [5.74, 6) is -1.64. The maximum absolute atomic E-state index is 14.5. The van der Waals surface area contributed by atoms with E-state index >= 15 is 0 Å². The molecule has 0 aliphatic carbocycles. The fourth-order valence-electron chi connectivity index (χ4n) is 3.73. The molecule has 4 aromatic rings. The van der Waals surface area contributed by atoms with Crippen molar-refractivity contribution in [3.8, 4) is 34.0 Å². The van der Waals surface area contributed by atoms with E-state index in [0.29, 0.717) is 16.7 Å². The smallest absolute Gasteiger partial charge is 0.417 e. The summed E-state index contributed by atoms with van der Waals surface area (Å²) in [5.41, 5.74) is 1.06. The standard InChI is InChI=1S/C26H21F4N3O3/c1-15-4-2-3-5-19(15)20-9-8-17(12-21(20)26(28,29)30)25-32-24(33-36-25)16-6-7-18(22(27)13-16)14-31-11-10-23(34)35/h2-9,12-13,31H,10-11,14H2,1H3,(H,34,35). The van der Waals surface area contributed by atoms with Crippen molar-refractivity contribution in [3.05, 3.63) is 83.2 Å². The van der Waals surface area contributed by atoms with Gasteiger partial charge in [-0.3, -0.25) is 4.79 Å². The zero-order valence-electron chi connectivity index (χ0n) is 19.1. The van der Waals surface area contributed by atoms with Crippen LogP contribution in [-0.4, -0.2) is 27.8 Å². The van der Waals surface area contributed by atoms with Crippen LogP contribution >= 0.6 is 0 Å². The molecular weight excluding hydrogens is 478 g/mol. The molecule has 36 heavy (non-hydrogen) atoms. The maximum atomic E-state index is 14.5. The highest BCUT2D eigenvalue weighted by molar-refractivity contribution is 5.74. The lowest BCUT2D eigenvalue weighted by Gasteiger charge is -2.15. The molecule has 0 aliphatic heterocycles. The van der Waals surface area contributed by atoms with Crippen molar-refractivity contribution in [2.75, 3.05) is 6.54 Å². The number of hydrogen-bond acceptors (Lipinski definition) is 5. The van der Waals surface area contributed by atoms with Crippen LogP contribution in [-0.2, 0) is 17.5 Å². The SMILES string of the molecule is Cc1ccccc1-c1ccc(-c2nc(-c3ccc(CNCCC(=O)O)c(F)c3)no2)cc1C(F)(F)F. The molecule has 0 bridgehead atoms. The van der Waals surface area contributed by atoms with Gasteiger partial charge >= 0.3 is 12.1 Å². The van der Waals surface area contributed by atoms with E-state index in [1.807, 2.05) is 0 Å². The van der Waals surface area contributed by atoms with Crippen molar-refractivity contribution < 1.29 is 32.0 Å². The molecule has 186 valence electrons. The monoisotopic (exact) mass is 499 g/mol. The van der Waals surface area contributed by atoms with Crippen molar-refractivity contribution in [3.63, 3.8) is 0 Å². The van der Waals surface area contributed by atoms with E-state index in [1.165, 1.54) is 24.3 Å². The van der Waals surface area contributed by atoms with Crippen molar-refractivity contribution in [1.82, 2.24) is 15.5 Å². The fraction of sp³-hybridized carbons (Fsp3) is 0.192. The third-order valence-electron chi connectivity index (χ3n) is 5.58. The first-order chi connectivity index (χ1) is 17.1. The molecule has 1 heterocycles. The van der Waals surface area contributed by atoms with Crippen molar-refractivity contribution >= 4 is 5.97 Å². The Morgan fingerprint density at radius 1 is 1.03 bits per heavy atom. The Labute approximate surface area is 203 Å². The van der Waals surface area contributed by atoms with E-state index < -0.39 is 23.5 Å². The highest BCUT2D eigenvalue weighted by Gasteiger charge is 2.34. The predicted octanol–water partition coefficient (Wildman–Crippen LogP) is 6.10. The highest BCUT2D eigenvalue weighted by atomic mass is 19.4. The number of aliphatic carboxylic acids is 1. The number of aryl methyl sites for hydroxylation is 1. The van der Waals surface area contributed by atoms with Crippen LogP contribution in [0.4, 0.5) is 17.6 Å². The van der Waals surface area contributed by atoms with Crippen LogP contribution in [0.2, 0.25) is 0 Å². The van der Waals surface area contributed by atoms with Gasteiger partial charge < -0.3 is 14.9 Å². The van der Waals surface area contributed by atoms with Crippen LogP contribution in [0.1, 0.15) is 23.1 Å². The van der Waals surface area contributed by atoms with E-state index in [1.54, 1.807) is 37.3 Å². The van der Waals surface area contributed by atoms with Crippen molar-refractivity contribution in [2.24, 2.45) is 0 Å². The molecule has 3 aromatic carbocycles. The van der Waals surface area contributed by atoms with Crippen LogP contribution in [0.15, 0.2) is 65.2 Å². The van der Waals surface area contributed by atoms with Gasteiger partial charge in [-0.05, 0) is 41.8 Å². The number of benzene rings is 3. The summed E-state index contributed by atoms with van der Waals surface area (Å²) in [6.07, 6.45) is -4.71. The molecular formula is C26H21F4N3O3. The molecule has 0 radical (unpaired) electrons.